The second-order valence-corrected chi connectivity index (χ2v) is 9.12. The van der Waals surface area contributed by atoms with Crippen LogP contribution in [0.2, 0.25) is 0 Å². The maximum atomic E-state index is 13.6. The first-order valence-electron chi connectivity index (χ1n) is 9.74. The number of carbonyl (C=O) groups excluding carboxylic acids is 2. The number of hydrogen-bond acceptors (Lipinski definition) is 6. The molecule has 1 unspecified atom stereocenters. The number of rotatable bonds is 5. The molecule has 7 nitrogen and oxygen atoms in total. The van der Waals surface area contributed by atoms with Gasteiger partial charge in [0.15, 0.2) is 5.13 Å². The number of amides is 2. The average molecular weight is 405 g/mol. The summed E-state index contributed by atoms with van der Waals surface area (Å²) < 4.78 is 13.6. The zero-order chi connectivity index (χ0) is 19.8. The standard InChI is InChI=1S/C19H24FN5O2S/c20-13-9-14(10-21)25(12-13)15(26)11-23-19-4-1-18(2-5-19,3-6-19)16(27)24-17-22-7-8-28-17/h7-8,13-14,23H,1-6,9,11-12H2,(H,22,24,27)/t13-,14?,18?,19?/m0/s1. The lowest BCUT2D eigenvalue weighted by molar-refractivity contribution is -0.135. The van der Waals surface area contributed by atoms with Gasteiger partial charge < -0.3 is 15.5 Å². The fraction of sp³-hybridized carbons (Fsp3) is 0.684. The van der Waals surface area contributed by atoms with Gasteiger partial charge in [-0.1, -0.05) is 0 Å². The number of carbonyl (C=O) groups is 2. The van der Waals surface area contributed by atoms with Gasteiger partial charge in [-0.3, -0.25) is 9.59 Å². The molecule has 2 atom stereocenters. The molecule has 0 spiro atoms. The van der Waals surface area contributed by atoms with Crippen molar-refractivity contribution < 1.29 is 14.0 Å². The summed E-state index contributed by atoms with van der Waals surface area (Å²) in [5.41, 5.74) is -0.489. The molecular weight excluding hydrogens is 381 g/mol. The number of hydrogen-bond donors (Lipinski definition) is 2. The minimum atomic E-state index is -1.12. The fourth-order valence-electron chi connectivity index (χ4n) is 4.85. The molecule has 0 aromatic carbocycles. The van der Waals surface area contributed by atoms with Crippen molar-refractivity contribution in [3.8, 4) is 6.07 Å². The molecule has 1 saturated heterocycles. The highest BCUT2D eigenvalue weighted by Gasteiger charge is 2.52. The average Bonchev–Trinajstić information content (AvgIpc) is 3.36. The van der Waals surface area contributed by atoms with Gasteiger partial charge >= 0.3 is 0 Å². The molecule has 9 heteroatoms. The molecule has 3 saturated carbocycles. The van der Waals surface area contributed by atoms with Gasteiger partial charge in [0.25, 0.3) is 0 Å². The zero-order valence-electron chi connectivity index (χ0n) is 15.6. The molecule has 2 N–H and O–H groups in total. The lowest BCUT2D eigenvalue weighted by atomic mass is 9.57. The molecule has 0 radical (unpaired) electrons. The van der Waals surface area contributed by atoms with E-state index in [0.29, 0.717) is 5.13 Å². The van der Waals surface area contributed by atoms with Crippen LogP contribution in [0.4, 0.5) is 9.52 Å². The van der Waals surface area contributed by atoms with Crippen LogP contribution in [0.3, 0.4) is 0 Å². The molecule has 1 aromatic heterocycles. The van der Waals surface area contributed by atoms with Gasteiger partial charge in [-0.05, 0) is 38.5 Å². The van der Waals surface area contributed by atoms with E-state index in [1.165, 1.54) is 16.2 Å². The molecule has 2 amide bonds. The normalized spacial score (nSPS) is 34.2. The van der Waals surface area contributed by atoms with Gasteiger partial charge in [-0.25, -0.2) is 9.37 Å². The predicted molar refractivity (Wildman–Crippen MR) is 102 cm³/mol. The van der Waals surface area contributed by atoms with Gasteiger partial charge in [0, 0.05) is 29.0 Å². The van der Waals surface area contributed by atoms with Crippen LogP contribution in [-0.2, 0) is 9.59 Å². The van der Waals surface area contributed by atoms with Gasteiger partial charge in [0.2, 0.25) is 11.8 Å². The molecule has 1 aromatic rings. The lowest BCUT2D eigenvalue weighted by Crippen LogP contribution is -2.59. The Morgan fingerprint density at radius 3 is 2.64 bits per heavy atom. The third kappa shape index (κ3) is 3.51. The zero-order valence-corrected chi connectivity index (χ0v) is 16.4. The van der Waals surface area contributed by atoms with E-state index in [2.05, 4.69) is 15.6 Å². The molecule has 150 valence electrons. The minimum Gasteiger partial charge on any atom is -0.323 e. The van der Waals surface area contributed by atoms with Crippen molar-refractivity contribution in [2.45, 2.75) is 62.7 Å². The Balaban J connectivity index is 1.32. The number of halogens is 1. The quantitative estimate of drug-likeness (QED) is 0.783. The van der Waals surface area contributed by atoms with Crippen LogP contribution in [0.25, 0.3) is 0 Å². The third-order valence-electron chi connectivity index (χ3n) is 6.71. The van der Waals surface area contributed by atoms with Crippen LogP contribution in [0.5, 0.6) is 0 Å². The van der Waals surface area contributed by atoms with Crippen molar-refractivity contribution >= 4 is 28.3 Å². The largest absolute Gasteiger partial charge is 0.323 e. The van der Waals surface area contributed by atoms with E-state index in [9.17, 15) is 14.0 Å². The molecule has 4 aliphatic rings. The Morgan fingerprint density at radius 2 is 2.04 bits per heavy atom. The Hall–Kier alpha value is -2.05. The number of fused-ring (bicyclic) bond motifs is 3. The van der Waals surface area contributed by atoms with Crippen LogP contribution in [0.1, 0.15) is 44.9 Å². The van der Waals surface area contributed by atoms with Crippen LogP contribution in [-0.4, -0.2) is 52.5 Å². The maximum absolute atomic E-state index is 13.6. The summed E-state index contributed by atoms with van der Waals surface area (Å²) in [7, 11) is 0. The highest BCUT2D eigenvalue weighted by atomic mass is 32.1. The molecule has 2 heterocycles. The van der Waals surface area contributed by atoms with Gasteiger partial charge in [0.05, 0.1) is 19.2 Å². The summed E-state index contributed by atoms with van der Waals surface area (Å²) >= 11 is 1.41. The van der Waals surface area contributed by atoms with E-state index in [0.717, 1.165) is 38.5 Å². The van der Waals surface area contributed by atoms with Crippen LogP contribution in [0, 0.1) is 16.7 Å². The number of anilines is 1. The van der Waals surface area contributed by atoms with E-state index in [4.69, 9.17) is 5.26 Å². The van der Waals surface area contributed by atoms with Crippen molar-refractivity contribution in [3.63, 3.8) is 0 Å². The second-order valence-electron chi connectivity index (χ2n) is 8.23. The molecule has 2 bridgehead atoms. The summed E-state index contributed by atoms with van der Waals surface area (Å²) in [5, 5.41) is 17.9. The van der Waals surface area contributed by atoms with E-state index >= 15 is 0 Å². The first-order valence-corrected chi connectivity index (χ1v) is 10.6. The molecule has 5 rings (SSSR count). The monoisotopic (exact) mass is 405 g/mol. The van der Waals surface area contributed by atoms with E-state index in [1.54, 1.807) is 6.20 Å². The number of likely N-dealkylation sites (tertiary alicyclic amines) is 1. The smallest absolute Gasteiger partial charge is 0.237 e. The molecule has 3 aliphatic carbocycles. The van der Waals surface area contributed by atoms with Crippen molar-refractivity contribution in [1.29, 1.82) is 5.26 Å². The predicted octanol–water partition coefficient (Wildman–Crippen LogP) is 2.23. The molecule has 4 fully saturated rings. The molecule has 28 heavy (non-hydrogen) atoms. The molecule has 1 aliphatic heterocycles. The Labute approximate surface area is 167 Å². The number of nitrogens with zero attached hydrogens (tertiary/aromatic N) is 3. The second kappa shape index (κ2) is 7.41. The highest BCUT2D eigenvalue weighted by molar-refractivity contribution is 7.13. The molecular formula is C19H24FN5O2S. The van der Waals surface area contributed by atoms with E-state index < -0.39 is 12.2 Å². The fourth-order valence-corrected chi connectivity index (χ4v) is 5.38. The summed E-state index contributed by atoms with van der Waals surface area (Å²) in [6.07, 6.45) is 5.50. The van der Waals surface area contributed by atoms with Crippen molar-refractivity contribution in [2.24, 2.45) is 5.41 Å². The number of nitrogens with one attached hydrogen (secondary N) is 2. The highest BCUT2D eigenvalue weighted by Crippen LogP contribution is 2.52. The van der Waals surface area contributed by atoms with Gasteiger partial charge in [-0.2, -0.15) is 5.26 Å². The number of aromatic nitrogens is 1. The third-order valence-corrected chi connectivity index (χ3v) is 7.40. The van der Waals surface area contributed by atoms with Gasteiger partial charge in [-0.15, -0.1) is 11.3 Å². The summed E-state index contributed by atoms with van der Waals surface area (Å²) in [4.78, 5) is 30.8. The Kier molecular flexibility index (Phi) is 5.10. The van der Waals surface area contributed by atoms with Crippen LogP contribution < -0.4 is 10.6 Å². The van der Waals surface area contributed by atoms with Crippen LogP contribution in [0.15, 0.2) is 11.6 Å². The van der Waals surface area contributed by atoms with Crippen molar-refractivity contribution in [3.05, 3.63) is 11.6 Å². The first-order chi connectivity index (χ1) is 13.5. The Morgan fingerprint density at radius 1 is 1.32 bits per heavy atom. The van der Waals surface area contributed by atoms with E-state index in [-0.39, 0.29) is 42.3 Å². The lowest BCUT2D eigenvalue weighted by Gasteiger charge is -2.52. The van der Waals surface area contributed by atoms with Gasteiger partial charge in [0.1, 0.15) is 12.2 Å². The minimum absolute atomic E-state index is 0.00573. The number of alkyl halides is 1. The topological polar surface area (TPSA) is 98.1 Å². The SMILES string of the molecule is N#CC1C[C@H](F)CN1C(=O)CNC12CCC(C(=O)Nc3nccs3)(CC1)CC2. The number of nitriles is 1. The summed E-state index contributed by atoms with van der Waals surface area (Å²) in [5.74, 6) is -0.167. The van der Waals surface area contributed by atoms with E-state index in [1.807, 2.05) is 11.4 Å². The summed E-state index contributed by atoms with van der Waals surface area (Å²) in [6, 6.07) is 1.35. The number of thiazole rings is 1. The first kappa shape index (κ1) is 19.3. The summed E-state index contributed by atoms with van der Waals surface area (Å²) in [6.45, 7) is 0.120. The van der Waals surface area contributed by atoms with Crippen molar-refractivity contribution in [1.82, 2.24) is 15.2 Å². The van der Waals surface area contributed by atoms with Crippen molar-refractivity contribution in [2.75, 3.05) is 18.4 Å². The Bertz CT molecular complexity index is 768. The van der Waals surface area contributed by atoms with Crippen LogP contribution >= 0.6 is 11.3 Å². The maximum Gasteiger partial charge on any atom is 0.237 e.